The summed E-state index contributed by atoms with van der Waals surface area (Å²) in [6.07, 6.45) is 0. The van der Waals surface area contributed by atoms with Gasteiger partial charge in [-0.3, -0.25) is 0 Å². The van der Waals surface area contributed by atoms with Crippen molar-refractivity contribution in [3.8, 4) is 11.4 Å². The number of nitrogens with one attached hydrogen (secondary N) is 1. The molecule has 0 unspecified atom stereocenters. The summed E-state index contributed by atoms with van der Waals surface area (Å²) in [7, 11) is 0. The number of fused-ring (bicyclic) bond motifs is 1. The predicted octanol–water partition coefficient (Wildman–Crippen LogP) is 5.37. The highest BCUT2D eigenvalue weighted by Crippen LogP contribution is 2.31. The van der Waals surface area contributed by atoms with Gasteiger partial charge in [-0.25, -0.2) is 4.98 Å². The first-order valence-electron chi connectivity index (χ1n) is 5.97. The third-order valence-corrected chi connectivity index (χ3v) is 4.29. The van der Waals surface area contributed by atoms with Gasteiger partial charge in [-0.15, -0.1) is 0 Å². The Morgan fingerprint density at radius 3 is 2.63 bits per heavy atom. The Labute approximate surface area is 128 Å². The van der Waals surface area contributed by atoms with Crippen LogP contribution in [-0.2, 0) is 0 Å². The van der Waals surface area contributed by atoms with E-state index in [1.165, 1.54) is 11.1 Å². The summed E-state index contributed by atoms with van der Waals surface area (Å²) in [6.45, 7) is 4.19. The maximum Gasteiger partial charge on any atom is 0.139 e. The molecule has 0 fully saturated rings. The van der Waals surface area contributed by atoms with Crippen LogP contribution in [0.25, 0.3) is 22.4 Å². The number of hydrogen-bond donors (Lipinski definition) is 1. The van der Waals surface area contributed by atoms with Crippen LogP contribution in [0.2, 0.25) is 0 Å². The van der Waals surface area contributed by atoms with Gasteiger partial charge in [-0.2, -0.15) is 0 Å². The number of hydrogen-bond acceptors (Lipinski definition) is 1. The molecule has 0 radical (unpaired) electrons. The molecular formula is C15H12Br2N2. The Morgan fingerprint density at radius 1 is 1.05 bits per heavy atom. The Morgan fingerprint density at radius 2 is 1.84 bits per heavy atom. The fourth-order valence-corrected chi connectivity index (χ4v) is 3.07. The molecule has 1 aromatic heterocycles. The third kappa shape index (κ3) is 2.35. The lowest BCUT2D eigenvalue weighted by molar-refractivity contribution is 1.32. The molecule has 19 heavy (non-hydrogen) atoms. The zero-order valence-corrected chi connectivity index (χ0v) is 13.8. The van der Waals surface area contributed by atoms with E-state index in [0.29, 0.717) is 0 Å². The van der Waals surface area contributed by atoms with Gasteiger partial charge in [-0.05, 0) is 49.2 Å². The number of benzene rings is 2. The summed E-state index contributed by atoms with van der Waals surface area (Å²) in [4.78, 5) is 8.12. The minimum atomic E-state index is 0.886. The first-order valence-corrected chi connectivity index (χ1v) is 7.55. The summed E-state index contributed by atoms with van der Waals surface area (Å²) < 4.78 is 2.07. The SMILES string of the molecule is Cc1cc(C)c2nc(-c3cc(Br)ccc3Br)[nH]c2c1. The Kier molecular flexibility index (Phi) is 3.23. The van der Waals surface area contributed by atoms with Crippen molar-refractivity contribution in [1.82, 2.24) is 9.97 Å². The van der Waals surface area contributed by atoms with Crippen LogP contribution in [0.4, 0.5) is 0 Å². The van der Waals surface area contributed by atoms with E-state index < -0.39 is 0 Å². The lowest BCUT2D eigenvalue weighted by Gasteiger charge is -2.01. The van der Waals surface area contributed by atoms with Gasteiger partial charge < -0.3 is 4.98 Å². The van der Waals surface area contributed by atoms with Crippen molar-refractivity contribution in [2.45, 2.75) is 13.8 Å². The van der Waals surface area contributed by atoms with Crippen molar-refractivity contribution in [1.29, 1.82) is 0 Å². The predicted molar refractivity (Wildman–Crippen MR) is 86.4 cm³/mol. The normalized spacial score (nSPS) is 11.2. The fraction of sp³-hybridized carbons (Fsp3) is 0.133. The minimum Gasteiger partial charge on any atom is -0.338 e. The van der Waals surface area contributed by atoms with Crippen LogP contribution in [0.1, 0.15) is 11.1 Å². The van der Waals surface area contributed by atoms with Crippen molar-refractivity contribution in [3.63, 3.8) is 0 Å². The maximum atomic E-state index is 4.72. The number of aromatic amines is 1. The molecule has 2 aromatic carbocycles. The minimum absolute atomic E-state index is 0.886. The van der Waals surface area contributed by atoms with E-state index in [9.17, 15) is 0 Å². The van der Waals surface area contributed by atoms with Crippen LogP contribution in [0.5, 0.6) is 0 Å². The molecule has 4 heteroatoms. The first kappa shape index (κ1) is 12.9. The smallest absolute Gasteiger partial charge is 0.139 e. The number of imidazole rings is 1. The molecule has 0 aliphatic rings. The molecule has 0 amide bonds. The topological polar surface area (TPSA) is 28.7 Å². The Hall–Kier alpha value is -1.13. The van der Waals surface area contributed by atoms with Gasteiger partial charge in [0.1, 0.15) is 5.82 Å². The van der Waals surface area contributed by atoms with Crippen LogP contribution in [0.15, 0.2) is 39.3 Å². The van der Waals surface area contributed by atoms with E-state index in [4.69, 9.17) is 4.98 Å². The molecule has 0 atom stereocenters. The molecule has 3 rings (SSSR count). The lowest BCUT2D eigenvalue weighted by atomic mass is 10.1. The summed E-state index contributed by atoms with van der Waals surface area (Å²) in [5.41, 5.74) is 5.62. The quantitative estimate of drug-likeness (QED) is 0.604. The number of nitrogens with zero attached hydrogens (tertiary/aromatic N) is 1. The van der Waals surface area contributed by atoms with Gasteiger partial charge >= 0.3 is 0 Å². The van der Waals surface area contributed by atoms with Crippen LogP contribution < -0.4 is 0 Å². The molecule has 0 saturated heterocycles. The number of aromatic nitrogens is 2. The molecule has 0 aliphatic carbocycles. The highest BCUT2D eigenvalue weighted by Gasteiger charge is 2.11. The number of aryl methyl sites for hydroxylation is 2. The van der Waals surface area contributed by atoms with E-state index in [2.05, 4.69) is 68.9 Å². The summed E-state index contributed by atoms with van der Waals surface area (Å²) in [5.74, 6) is 0.886. The third-order valence-electron chi connectivity index (χ3n) is 3.11. The number of halogens is 2. The van der Waals surface area contributed by atoms with Crippen molar-refractivity contribution < 1.29 is 0 Å². The van der Waals surface area contributed by atoms with Gasteiger partial charge in [0.2, 0.25) is 0 Å². The molecule has 1 heterocycles. The van der Waals surface area contributed by atoms with Crippen molar-refractivity contribution >= 4 is 42.9 Å². The average molecular weight is 380 g/mol. The number of rotatable bonds is 1. The van der Waals surface area contributed by atoms with Gasteiger partial charge in [0.25, 0.3) is 0 Å². The van der Waals surface area contributed by atoms with Gasteiger partial charge in [0.15, 0.2) is 0 Å². The van der Waals surface area contributed by atoms with Crippen molar-refractivity contribution in [2.75, 3.05) is 0 Å². The maximum absolute atomic E-state index is 4.72. The van der Waals surface area contributed by atoms with Crippen LogP contribution in [-0.4, -0.2) is 9.97 Å². The second kappa shape index (κ2) is 4.76. The molecule has 3 aromatic rings. The molecule has 96 valence electrons. The van der Waals surface area contributed by atoms with Gasteiger partial charge in [-0.1, -0.05) is 37.9 Å². The molecule has 2 nitrogen and oxygen atoms in total. The van der Waals surface area contributed by atoms with E-state index in [1.807, 2.05) is 12.1 Å². The van der Waals surface area contributed by atoms with Crippen LogP contribution in [0.3, 0.4) is 0 Å². The second-order valence-corrected chi connectivity index (χ2v) is 6.46. The average Bonchev–Trinajstić information content (AvgIpc) is 2.76. The van der Waals surface area contributed by atoms with E-state index in [-0.39, 0.29) is 0 Å². The summed E-state index contributed by atoms with van der Waals surface area (Å²) >= 11 is 7.08. The number of H-pyrrole nitrogens is 1. The largest absolute Gasteiger partial charge is 0.338 e. The highest BCUT2D eigenvalue weighted by atomic mass is 79.9. The molecule has 0 spiro atoms. The fourth-order valence-electron chi connectivity index (χ4n) is 2.28. The van der Waals surface area contributed by atoms with Gasteiger partial charge in [0.05, 0.1) is 11.0 Å². The monoisotopic (exact) mass is 378 g/mol. The molecular weight excluding hydrogens is 368 g/mol. The molecule has 0 saturated carbocycles. The van der Waals surface area contributed by atoms with E-state index in [1.54, 1.807) is 0 Å². The van der Waals surface area contributed by atoms with Crippen molar-refractivity contribution in [2.24, 2.45) is 0 Å². The zero-order chi connectivity index (χ0) is 13.6. The molecule has 1 N–H and O–H groups in total. The molecule has 0 aliphatic heterocycles. The standard InChI is InChI=1S/C15H12Br2N2/c1-8-5-9(2)14-13(6-8)18-15(19-14)11-7-10(16)3-4-12(11)17/h3-7H,1-2H3,(H,18,19). The van der Waals surface area contributed by atoms with Crippen molar-refractivity contribution in [3.05, 3.63) is 50.4 Å². The van der Waals surface area contributed by atoms with E-state index >= 15 is 0 Å². The van der Waals surface area contributed by atoms with Crippen LogP contribution in [0, 0.1) is 13.8 Å². The van der Waals surface area contributed by atoms with E-state index in [0.717, 1.165) is 31.4 Å². The Balaban J connectivity index is 2.26. The zero-order valence-electron chi connectivity index (χ0n) is 10.6. The molecule has 0 bridgehead atoms. The van der Waals surface area contributed by atoms with Gasteiger partial charge in [0, 0.05) is 14.5 Å². The first-order chi connectivity index (χ1) is 9.04. The summed E-state index contributed by atoms with van der Waals surface area (Å²) in [6, 6.07) is 10.4. The second-order valence-electron chi connectivity index (χ2n) is 4.69. The lowest BCUT2D eigenvalue weighted by Crippen LogP contribution is -1.82. The summed E-state index contributed by atoms with van der Waals surface area (Å²) in [5, 5.41) is 0. The highest BCUT2D eigenvalue weighted by molar-refractivity contribution is 9.11. The van der Waals surface area contributed by atoms with Crippen LogP contribution >= 0.6 is 31.9 Å². The Bertz CT molecular complexity index is 775.